The highest BCUT2D eigenvalue weighted by Crippen LogP contribution is 2.25. The molecule has 0 aromatic heterocycles. The Labute approximate surface area is 106 Å². The van der Waals surface area contributed by atoms with Crippen molar-refractivity contribution >= 4 is 5.97 Å². The van der Waals surface area contributed by atoms with Crippen molar-refractivity contribution in [1.29, 1.82) is 0 Å². The van der Waals surface area contributed by atoms with E-state index in [1.807, 2.05) is 6.07 Å². The van der Waals surface area contributed by atoms with Gasteiger partial charge in [-0.15, -0.1) is 0 Å². The average Bonchev–Trinajstić information content (AvgIpc) is 2.26. The fourth-order valence-corrected chi connectivity index (χ4v) is 2.32. The Kier molecular flexibility index (Phi) is 3.66. The molecule has 18 heavy (non-hydrogen) atoms. The topological polar surface area (TPSA) is 40.5 Å². The van der Waals surface area contributed by atoms with Crippen LogP contribution in [0.15, 0.2) is 18.2 Å². The first kappa shape index (κ1) is 13.0. The van der Waals surface area contributed by atoms with Gasteiger partial charge in [-0.25, -0.2) is 4.39 Å². The molecule has 1 heterocycles. The van der Waals surface area contributed by atoms with Crippen LogP contribution in [-0.2, 0) is 11.3 Å². The molecule has 1 aliphatic heterocycles. The van der Waals surface area contributed by atoms with Crippen molar-refractivity contribution in [3.63, 3.8) is 0 Å². The summed E-state index contributed by atoms with van der Waals surface area (Å²) in [6, 6.07) is 5.13. The Morgan fingerprint density at radius 2 is 2.22 bits per heavy atom. The predicted molar refractivity (Wildman–Crippen MR) is 66.7 cm³/mol. The number of nitrogens with zero attached hydrogens (tertiary/aromatic N) is 1. The predicted octanol–water partition coefficient (Wildman–Crippen LogP) is 2.29. The maximum Gasteiger partial charge on any atom is 0.306 e. The van der Waals surface area contributed by atoms with Gasteiger partial charge in [0.15, 0.2) is 0 Å². The number of carbonyl (C=O) groups is 1. The molecule has 1 N–H and O–H groups in total. The Balaban J connectivity index is 1.86. The number of hydrogen-bond acceptors (Lipinski definition) is 2. The van der Waals surface area contributed by atoms with Crippen LogP contribution in [0.1, 0.15) is 18.1 Å². The Bertz CT molecular complexity index is 455. The lowest BCUT2D eigenvalue weighted by Gasteiger charge is -2.41. The van der Waals surface area contributed by atoms with E-state index < -0.39 is 5.97 Å². The molecule has 4 heteroatoms. The standard InChI is InChI=1S/C14H18FNO2/c1-9-5-11(3-4-13(9)15)6-16-7-12(8-16)10(2)14(17)18/h3-5,10,12H,6-8H2,1-2H3,(H,17,18). The third-order valence-corrected chi connectivity index (χ3v) is 3.71. The smallest absolute Gasteiger partial charge is 0.306 e. The van der Waals surface area contributed by atoms with Crippen LogP contribution in [0.3, 0.4) is 0 Å². The van der Waals surface area contributed by atoms with Gasteiger partial charge in [0.2, 0.25) is 0 Å². The van der Waals surface area contributed by atoms with Crippen LogP contribution in [0, 0.1) is 24.6 Å². The second kappa shape index (κ2) is 5.06. The van der Waals surface area contributed by atoms with E-state index in [-0.39, 0.29) is 17.7 Å². The molecule has 0 radical (unpaired) electrons. The first-order chi connectivity index (χ1) is 8.47. The minimum Gasteiger partial charge on any atom is -0.481 e. The third kappa shape index (κ3) is 2.70. The molecular formula is C14H18FNO2. The average molecular weight is 251 g/mol. The lowest BCUT2D eigenvalue weighted by atomic mass is 9.87. The molecule has 3 nitrogen and oxygen atoms in total. The number of halogens is 1. The van der Waals surface area contributed by atoms with Crippen LogP contribution >= 0.6 is 0 Å². The summed E-state index contributed by atoms with van der Waals surface area (Å²) in [5, 5.41) is 8.90. The normalized spacial score (nSPS) is 18.4. The molecule has 1 aromatic carbocycles. The van der Waals surface area contributed by atoms with Crippen molar-refractivity contribution in [1.82, 2.24) is 4.90 Å². The summed E-state index contributed by atoms with van der Waals surface area (Å²) in [6.07, 6.45) is 0. The number of benzene rings is 1. The molecule has 1 aromatic rings. The van der Waals surface area contributed by atoms with Gasteiger partial charge in [-0.3, -0.25) is 9.69 Å². The number of likely N-dealkylation sites (tertiary alicyclic amines) is 1. The number of aryl methyl sites for hydroxylation is 1. The van der Waals surface area contributed by atoms with Gasteiger partial charge in [-0.05, 0) is 30.0 Å². The molecule has 1 unspecified atom stereocenters. The van der Waals surface area contributed by atoms with Crippen LogP contribution in [0.2, 0.25) is 0 Å². The lowest BCUT2D eigenvalue weighted by molar-refractivity contribution is -0.145. The number of rotatable bonds is 4. The molecule has 1 saturated heterocycles. The maximum atomic E-state index is 13.1. The first-order valence-electron chi connectivity index (χ1n) is 6.17. The first-order valence-corrected chi connectivity index (χ1v) is 6.17. The highest BCUT2D eigenvalue weighted by atomic mass is 19.1. The van der Waals surface area contributed by atoms with E-state index in [9.17, 15) is 9.18 Å². The highest BCUT2D eigenvalue weighted by Gasteiger charge is 2.34. The zero-order chi connectivity index (χ0) is 13.3. The van der Waals surface area contributed by atoms with Crippen LogP contribution in [0.4, 0.5) is 4.39 Å². The summed E-state index contributed by atoms with van der Waals surface area (Å²) in [5.41, 5.74) is 1.74. The van der Waals surface area contributed by atoms with Crippen molar-refractivity contribution in [3.05, 3.63) is 35.1 Å². The molecular weight excluding hydrogens is 233 g/mol. The SMILES string of the molecule is Cc1cc(CN2CC(C(C)C(=O)O)C2)ccc1F. The van der Waals surface area contributed by atoms with Crippen LogP contribution in [-0.4, -0.2) is 29.1 Å². The highest BCUT2D eigenvalue weighted by molar-refractivity contribution is 5.70. The van der Waals surface area contributed by atoms with Crippen LogP contribution < -0.4 is 0 Å². The number of carboxylic acids is 1. The van der Waals surface area contributed by atoms with Gasteiger partial charge in [0.05, 0.1) is 5.92 Å². The van der Waals surface area contributed by atoms with Gasteiger partial charge in [0.25, 0.3) is 0 Å². The Hall–Kier alpha value is -1.42. The molecule has 98 valence electrons. The fourth-order valence-electron chi connectivity index (χ4n) is 2.32. The lowest BCUT2D eigenvalue weighted by Crippen LogP contribution is -2.50. The summed E-state index contributed by atoms with van der Waals surface area (Å²) < 4.78 is 13.1. The minimum atomic E-state index is -0.725. The van der Waals surface area contributed by atoms with Crippen LogP contribution in [0.25, 0.3) is 0 Å². The fraction of sp³-hybridized carbons (Fsp3) is 0.500. The second-order valence-electron chi connectivity index (χ2n) is 5.16. The van der Waals surface area contributed by atoms with Crippen molar-refractivity contribution in [2.45, 2.75) is 20.4 Å². The minimum absolute atomic E-state index is 0.181. The molecule has 1 atom stereocenters. The van der Waals surface area contributed by atoms with Crippen LogP contribution in [0.5, 0.6) is 0 Å². The monoisotopic (exact) mass is 251 g/mol. The van der Waals surface area contributed by atoms with Gasteiger partial charge in [-0.2, -0.15) is 0 Å². The molecule has 0 aliphatic carbocycles. The third-order valence-electron chi connectivity index (χ3n) is 3.71. The molecule has 0 saturated carbocycles. The molecule has 2 rings (SSSR count). The van der Waals surface area contributed by atoms with Gasteiger partial charge in [-0.1, -0.05) is 19.1 Å². The number of hydrogen-bond donors (Lipinski definition) is 1. The molecule has 0 spiro atoms. The largest absolute Gasteiger partial charge is 0.481 e. The summed E-state index contributed by atoms with van der Waals surface area (Å²) >= 11 is 0. The Morgan fingerprint density at radius 1 is 1.56 bits per heavy atom. The van der Waals surface area contributed by atoms with Crippen molar-refractivity contribution in [2.24, 2.45) is 11.8 Å². The number of carboxylic acid groups (broad SMARTS) is 1. The van der Waals surface area contributed by atoms with Gasteiger partial charge in [0.1, 0.15) is 5.82 Å². The van der Waals surface area contributed by atoms with E-state index in [2.05, 4.69) is 4.90 Å². The van der Waals surface area contributed by atoms with E-state index in [0.29, 0.717) is 5.56 Å². The van der Waals surface area contributed by atoms with Gasteiger partial charge >= 0.3 is 5.97 Å². The zero-order valence-corrected chi connectivity index (χ0v) is 10.7. The van der Waals surface area contributed by atoms with Gasteiger partial charge < -0.3 is 5.11 Å². The quantitative estimate of drug-likeness (QED) is 0.892. The van der Waals surface area contributed by atoms with E-state index in [4.69, 9.17) is 5.11 Å². The Morgan fingerprint density at radius 3 is 2.78 bits per heavy atom. The van der Waals surface area contributed by atoms with Crippen molar-refractivity contribution < 1.29 is 14.3 Å². The van der Waals surface area contributed by atoms with E-state index in [1.165, 1.54) is 6.07 Å². The van der Waals surface area contributed by atoms with Crippen molar-refractivity contribution in [2.75, 3.05) is 13.1 Å². The summed E-state index contributed by atoms with van der Waals surface area (Å²) in [6.45, 7) is 5.90. The summed E-state index contributed by atoms with van der Waals surface area (Å²) in [7, 11) is 0. The molecule has 0 bridgehead atoms. The van der Waals surface area contributed by atoms with E-state index >= 15 is 0 Å². The molecule has 0 amide bonds. The second-order valence-corrected chi connectivity index (χ2v) is 5.16. The van der Waals surface area contributed by atoms with E-state index in [0.717, 1.165) is 25.2 Å². The maximum absolute atomic E-state index is 13.1. The van der Waals surface area contributed by atoms with E-state index in [1.54, 1.807) is 19.9 Å². The number of aliphatic carboxylic acids is 1. The summed E-state index contributed by atoms with van der Waals surface area (Å²) in [4.78, 5) is 13.0. The zero-order valence-electron chi connectivity index (χ0n) is 10.7. The van der Waals surface area contributed by atoms with Gasteiger partial charge in [0, 0.05) is 19.6 Å². The molecule has 1 aliphatic rings. The summed E-state index contributed by atoms with van der Waals surface area (Å²) in [5.74, 6) is -0.947. The van der Waals surface area contributed by atoms with Crippen molar-refractivity contribution in [3.8, 4) is 0 Å². The molecule has 1 fully saturated rings.